The Bertz CT molecular complexity index is 250. The fourth-order valence-corrected chi connectivity index (χ4v) is 3.00. The summed E-state index contributed by atoms with van der Waals surface area (Å²) in [6, 6.07) is -0.166. The fraction of sp³-hybridized carbons (Fsp3) is 0.909. The van der Waals surface area contributed by atoms with Crippen LogP contribution in [0, 0.1) is 0 Å². The van der Waals surface area contributed by atoms with Gasteiger partial charge < -0.3 is 15.4 Å². The molecule has 2 rings (SSSR count). The minimum Gasteiger partial charge on any atom is -0.378 e. The van der Waals surface area contributed by atoms with Gasteiger partial charge in [0.1, 0.15) is 6.04 Å². The molecule has 114 valence electrons. The predicted molar refractivity (Wildman–Crippen MR) is 83.9 cm³/mol. The van der Waals surface area contributed by atoms with Crippen molar-refractivity contribution in [2.45, 2.75) is 6.04 Å². The molecule has 2 fully saturated rings. The molecule has 0 aromatic carbocycles. The Morgan fingerprint density at radius 2 is 2.11 bits per heavy atom. The van der Waals surface area contributed by atoms with Gasteiger partial charge in [0, 0.05) is 44.2 Å². The van der Waals surface area contributed by atoms with Crippen molar-refractivity contribution in [1.82, 2.24) is 15.5 Å². The van der Waals surface area contributed by atoms with E-state index in [0.717, 1.165) is 32.7 Å². The van der Waals surface area contributed by atoms with Crippen LogP contribution in [0.3, 0.4) is 0 Å². The second kappa shape index (κ2) is 11.0. The molecule has 1 amide bonds. The van der Waals surface area contributed by atoms with Gasteiger partial charge in [-0.1, -0.05) is 0 Å². The molecule has 2 N–H and O–H groups in total. The van der Waals surface area contributed by atoms with Gasteiger partial charge >= 0.3 is 0 Å². The molecule has 19 heavy (non-hydrogen) atoms. The summed E-state index contributed by atoms with van der Waals surface area (Å²) in [6.07, 6.45) is 0. The quantitative estimate of drug-likeness (QED) is 0.758. The molecule has 0 aromatic heterocycles. The number of halogens is 2. The van der Waals surface area contributed by atoms with E-state index in [-0.39, 0.29) is 36.8 Å². The van der Waals surface area contributed by atoms with Crippen molar-refractivity contribution >= 4 is 42.5 Å². The summed E-state index contributed by atoms with van der Waals surface area (Å²) in [4.78, 5) is 14.2. The minimum atomic E-state index is -0.166. The largest absolute Gasteiger partial charge is 0.378 e. The van der Waals surface area contributed by atoms with Crippen LogP contribution in [-0.2, 0) is 9.53 Å². The van der Waals surface area contributed by atoms with Crippen molar-refractivity contribution in [3.8, 4) is 0 Å². The number of nitrogens with zero attached hydrogens (tertiary/aromatic N) is 1. The maximum Gasteiger partial charge on any atom is 0.239 e. The first kappa shape index (κ1) is 19.3. The molecule has 8 heteroatoms. The number of hydrogen-bond acceptors (Lipinski definition) is 5. The number of hydrogen-bond donors (Lipinski definition) is 2. The lowest BCUT2D eigenvalue weighted by atomic mass is 10.2. The third kappa shape index (κ3) is 7.02. The van der Waals surface area contributed by atoms with E-state index in [0.29, 0.717) is 13.2 Å². The van der Waals surface area contributed by atoms with Crippen molar-refractivity contribution in [1.29, 1.82) is 0 Å². The van der Waals surface area contributed by atoms with E-state index in [4.69, 9.17) is 4.74 Å². The Labute approximate surface area is 131 Å². The molecule has 0 spiro atoms. The molecular weight excluding hydrogens is 309 g/mol. The molecule has 0 aromatic rings. The maximum atomic E-state index is 11.8. The number of thioether (sulfide) groups is 1. The first-order chi connectivity index (χ1) is 8.36. The number of carbonyl (C=O) groups excluding carboxylic acids is 1. The molecule has 2 heterocycles. The van der Waals surface area contributed by atoms with Crippen molar-refractivity contribution < 1.29 is 9.53 Å². The van der Waals surface area contributed by atoms with Crippen LogP contribution >= 0.6 is 36.6 Å². The van der Waals surface area contributed by atoms with Gasteiger partial charge in [-0.25, -0.2) is 0 Å². The number of carbonyl (C=O) groups is 1. The molecular formula is C11H23Cl2N3O2S. The highest BCUT2D eigenvalue weighted by molar-refractivity contribution is 7.99. The summed E-state index contributed by atoms with van der Waals surface area (Å²) in [5.74, 6) is 2.49. The Morgan fingerprint density at radius 3 is 2.74 bits per heavy atom. The molecule has 2 saturated heterocycles. The van der Waals surface area contributed by atoms with Crippen LogP contribution in [0.1, 0.15) is 0 Å². The van der Waals surface area contributed by atoms with Crippen LogP contribution in [0.4, 0.5) is 0 Å². The molecule has 1 atom stereocenters. The van der Waals surface area contributed by atoms with E-state index < -0.39 is 0 Å². The van der Waals surface area contributed by atoms with Crippen LogP contribution in [0.25, 0.3) is 0 Å². The second-order valence-electron chi connectivity index (χ2n) is 4.33. The van der Waals surface area contributed by atoms with E-state index in [9.17, 15) is 4.79 Å². The van der Waals surface area contributed by atoms with Gasteiger partial charge in [0.2, 0.25) is 5.91 Å². The Balaban J connectivity index is 0.00000162. The second-order valence-corrected chi connectivity index (χ2v) is 5.55. The Hall–Kier alpha value is 0.280. The number of amides is 1. The average molecular weight is 332 g/mol. The molecule has 0 bridgehead atoms. The molecule has 2 aliphatic heterocycles. The number of nitrogens with one attached hydrogen (secondary N) is 2. The SMILES string of the molecule is Cl.Cl.O=C(NCCN1CCSCC1)C1COCCN1. The van der Waals surface area contributed by atoms with Gasteiger partial charge in [0.25, 0.3) is 0 Å². The maximum absolute atomic E-state index is 11.8. The minimum absolute atomic E-state index is 0. The third-order valence-corrected chi connectivity index (χ3v) is 4.01. The van der Waals surface area contributed by atoms with E-state index in [2.05, 4.69) is 15.5 Å². The highest BCUT2D eigenvalue weighted by Crippen LogP contribution is 2.07. The van der Waals surface area contributed by atoms with Crippen LogP contribution < -0.4 is 10.6 Å². The number of morpholine rings is 1. The average Bonchev–Trinajstić information content (AvgIpc) is 2.41. The molecule has 0 saturated carbocycles. The predicted octanol–water partition coefficient (Wildman–Crippen LogP) is -0.0166. The van der Waals surface area contributed by atoms with Crippen molar-refractivity contribution in [2.24, 2.45) is 0 Å². The molecule has 0 aliphatic carbocycles. The van der Waals surface area contributed by atoms with Gasteiger partial charge in [-0.05, 0) is 0 Å². The number of rotatable bonds is 4. The zero-order valence-electron chi connectivity index (χ0n) is 10.9. The van der Waals surface area contributed by atoms with Crippen LogP contribution in [-0.4, -0.2) is 74.3 Å². The van der Waals surface area contributed by atoms with Crippen molar-refractivity contribution in [3.63, 3.8) is 0 Å². The monoisotopic (exact) mass is 331 g/mol. The van der Waals surface area contributed by atoms with E-state index >= 15 is 0 Å². The Morgan fingerprint density at radius 1 is 1.37 bits per heavy atom. The lowest BCUT2D eigenvalue weighted by molar-refractivity contribution is -0.125. The van der Waals surface area contributed by atoms with E-state index in [1.807, 2.05) is 11.8 Å². The first-order valence-corrected chi connectivity index (χ1v) is 7.40. The standard InChI is InChI=1S/C11H21N3O2S.2ClH/c15-11(10-9-16-6-2-12-10)13-1-3-14-4-7-17-8-5-14;;/h10,12H,1-9H2,(H,13,15);2*1H. The van der Waals surface area contributed by atoms with Gasteiger partial charge in [0.05, 0.1) is 13.2 Å². The molecule has 5 nitrogen and oxygen atoms in total. The molecule has 1 unspecified atom stereocenters. The summed E-state index contributed by atoms with van der Waals surface area (Å²) in [5, 5.41) is 6.12. The van der Waals surface area contributed by atoms with E-state index in [1.54, 1.807) is 0 Å². The lowest BCUT2D eigenvalue weighted by Crippen LogP contribution is -2.52. The Kier molecular flexibility index (Phi) is 11.2. The molecule has 2 aliphatic rings. The summed E-state index contributed by atoms with van der Waals surface area (Å²) < 4.78 is 5.26. The lowest BCUT2D eigenvalue weighted by Gasteiger charge is -2.27. The summed E-state index contributed by atoms with van der Waals surface area (Å²) >= 11 is 2.01. The van der Waals surface area contributed by atoms with Crippen molar-refractivity contribution in [3.05, 3.63) is 0 Å². The summed E-state index contributed by atoms with van der Waals surface area (Å²) in [5.41, 5.74) is 0. The van der Waals surface area contributed by atoms with Gasteiger partial charge in [0.15, 0.2) is 0 Å². The summed E-state index contributed by atoms with van der Waals surface area (Å²) in [6.45, 7) is 5.95. The first-order valence-electron chi connectivity index (χ1n) is 6.25. The normalized spacial score (nSPS) is 23.9. The number of ether oxygens (including phenoxy) is 1. The van der Waals surface area contributed by atoms with Crippen molar-refractivity contribution in [2.75, 3.05) is 57.4 Å². The van der Waals surface area contributed by atoms with Crippen LogP contribution in [0.5, 0.6) is 0 Å². The zero-order valence-corrected chi connectivity index (χ0v) is 13.4. The van der Waals surface area contributed by atoms with Gasteiger partial charge in [-0.15, -0.1) is 24.8 Å². The zero-order chi connectivity index (χ0) is 11.9. The van der Waals surface area contributed by atoms with Crippen LogP contribution in [0.2, 0.25) is 0 Å². The highest BCUT2D eigenvalue weighted by Gasteiger charge is 2.20. The highest BCUT2D eigenvalue weighted by atomic mass is 35.5. The van der Waals surface area contributed by atoms with Gasteiger partial charge in [-0.3, -0.25) is 9.69 Å². The topological polar surface area (TPSA) is 53.6 Å². The smallest absolute Gasteiger partial charge is 0.239 e. The third-order valence-electron chi connectivity index (χ3n) is 3.07. The fourth-order valence-electron chi connectivity index (χ4n) is 2.02. The summed E-state index contributed by atoms with van der Waals surface area (Å²) in [7, 11) is 0. The molecule has 0 radical (unpaired) electrons. The van der Waals surface area contributed by atoms with Gasteiger partial charge in [-0.2, -0.15) is 11.8 Å². The van der Waals surface area contributed by atoms with Crippen LogP contribution in [0.15, 0.2) is 0 Å². The van der Waals surface area contributed by atoms with E-state index in [1.165, 1.54) is 11.5 Å².